The fourth-order valence-electron chi connectivity index (χ4n) is 1.37. The summed E-state index contributed by atoms with van der Waals surface area (Å²) in [6, 6.07) is 8.64. The molecule has 4 nitrogen and oxygen atoms in total. The van der Waals surface area contributed by atoms with E-state index in [0.29, 0.717) is 21.5 Å². The van der Waals surface area contributed by atoms with Crippen molar-refractivity contribution in [3.05, 3.63) is 51.0 Å². The summed E-state index contributed by atoms with van der Waals surface area (Å²) >= 11 is 6.63. The zero-order valence-electron chi connectivity index (χ0n) is 9.15. The van der Waals surface area contributed by atoms with Gasteiger partial charge in [0, 0.05) is 16.4 Å². The van der Waals surface area contributed by atoms with Crippen molar-refractivity contribution < 1.29 is 4.79 Å². The van der Waals surface area contributed by atoms with E-state index in [-0.39, 0.29) is 5.91 Å². The summed E-state index contributed by atoms with van der Waals surface area (Å²) < 4.78 is 1.40. The lowest BCUT2D eigenvalue weighted by atomic mass is 10.2. The molecule has 0 aliphatic rings. The average molecular weight is 371 g/mol. The van der Waals surface area contributed by atoms with Crippen LogP contribution in [-0.2, 0) is 0 Å². The van der Waals surface area contributed by atoms with E-state index in [0.717, 1.165) is 4.47 Å². The van der Waals surface area contributed by atoms with Crippen molar-refractivity contribution in [2.75, 3.05) is 11.1 Å². The fraction of sp³-hybridized carbons (Fsp3) is 0. The summed E-state index contributed by atoms with van der Waals surface area (Å²) in [5, 5.41) is 2.71. The SMILES string of the molecule is Nc1ccc(Br)c(C(=O)Nc2ncccc2Br)c1. The van der Waals surface area contributed by atoms with Gasteiger partial charge in [-0.2, -0.15) is 0 Å². The molecule has 0 aliphatic heterocycles. The van der Waals surface area contributed by atoms with Gasteiger partial charge in [0.05, 0.1) is 10.0 Å². The number of nitrogen functional groups attached to an aromatic ring is 1. The number of halogens is 2. The quantitative estimate of drug-likeness (QED) is 0.795. The van der Waals surface area contributed by atoms with Crippen LogP contribution in [0.15, 0.2) is 45.5 Å². The summed E-state index contributed by atoms with van der Waals surface area (Å²) in [6.45, 7) is 0. The third kappa shape index (κ3) is 2.88. The molecule has 0 saturated carbocycles. The van der Waals surface area contributed by atoms with Crippen LogP contribution in [0.25, 0.3) is 0 Å². The third-order valence-electron chi connectivity index (χ3n) is 2.23. The maximum atomic E-state index is 12.1. The van der Waals surface area contributed by atoms with E-state index < -0.39 is 0 Å². The van der Waals surface area contributed by atoms with E-state index in [9.17, 15) is 4.79 Å². The number of carbonyl (C=O) groups excluding carboxylic acids is 1. The van der Waals surface area contributed by atoms with Gasteiger partial charge in [0.2, 0.25) is 0 Å². The van der Waals surface area contributed by atoms with E-state index in [2.05, 4.69) is 42.2 Å². The maximum absolute atomic E-state index is 12.1. The third-order valence-corrected chi connectivity index (χ3v) is 3.56. The summed E-state index contributed by atoms with van der Waals surface area (Å²) in [4.78, 5) is 16.2. The number of amides is 1. The van der Waals surface area contributed by atoms with Gasteiger partial charge in [0.15, 0.2) is 0 Å². The first kappa shape index (κ1) is 13.0. The molecular weight excluding hydrogens is 362 g/mol. The predicted molar refractivity (Wildman–Crippen MR) is 78.4 cm³/mol. The first-order valence-electron chi connectivity index (χ1n) is 5.05. The van der Waals surface area contributed by atoms with Gasteiger partial charge in [0.25, 0.3) is 5.91 Å². The number of anilines is 2. The normalized spacial score (nSPS) is 10.1. The molecule has 0 aliphatic carbocycles. The number of hydrogen-bond donors (Lipinski definition) is 2. The molecule has 0 fully saturated rings. The minimum Gasteiger partial charge on any atom is -0.399 e. The molecular formula is C12H9Br2N3O. The molecule has 0 spiro atoms. The number of nitrogens with zero attached hydrogens (tertiary/aromatic N) is 1. The molecule has 3 N–H and O–H groups in total. The molecule has 0 atom stereocenters. The van der Waals surface area contributed by atoms with Crippen molar-refractivity contribution in [3.8, 4) is 0 Å². The van der Waals surface area contributed by atoms with Crippen LogP contribution < -0.4 is 11.1 Å². The summed E-state index contributed by atoms with van der Waals surface area (Å²) in [6.07, 6.45) is 1.61. The first-order valence-corrected chi connectivity index (χ1v) is 6.63. The number of nitrogens with two attached hydrogens (primary N) is 1. The van der Waals surface area contributed by atoms with E-state index in [4.69, 9.17) is 5.73 Å². The monoisotopic (exact) mass is 369 g/mol. The Morgan fingerprint density at radius 1 is 1.22 bits per heavy atom. The first-order chi connectivity index (χ1) is 8.58. The summed E-state index contributed by atoms with van der Waals surface area (Å²) in [7, 11) is 0. The maximum Gasteiger partial charge on any atom is 0.258 e. The van der Waals surface area contributed by atoms with Gasteiger partial charge in [-0.25, -0.2) is 4.98 Å². The molecule has 2 rings (SSSR count). The Kier molecular flexibility index (Phi) is 3.98. The number of hydrogen-bond acceptors (Lipinski definition) is 3. The van der Waals surface area contributed by atoms with Crippen LogP contribution >= 0.6 is 31.9 Å². The zero-order valence-corrected chi connectivity index (χ0v) is 12.3. The van der Waals surface area contributed by atoms with Crippen molar-refractivity contribution in [3.63, 3.8) is 0 Å². The second-order valence-corrected chi connectivity index (χ2v) is 5.24. The molecule has 6 heteroatoms. The molecule has 0 unspecified atom stereocenters. The van der Waals surface area contributed by atoms with Gasteiger partial charge in [-0.15, -0.1) is 0 Å². The highest BCUT2D eigenvalue weighted by molar-refractivity contribution is 9.11. The van der Waals surface area contributed by atoms with Crippen LogP contribution in [0.2, 0.25) is 0 Å². The highest BCUT2D eigenvalue weighted by atomic mass is 79.9. The fourth-order valence-corrected chi connectivity index (χ4v) is 2.15. The number of carbonyl (C=O) groups is 1. The van der Waals surface area contributed by atoms with Gasteiger partial charge >= 0.3 is 0 Å². The molecule has 1 amide bonds. The second-order valence-electron chi connectivity index (χ2n) is 3.53. The Balaban J connectivity index is 2.28. The highest BCUT2D eigenvalue weighted by Gasteiger charge is 2.12. The highest BCUT2D eigenvalue weighted by Crippen LogP contribution is 2.23. The largest absolute Gasteiger partial charge is 0.399 e. The van der Waals surface area contributed by atoms with Gasteiger partial charge in [-0.05, 0) is 62.2 Å². The molecule has 1 aromatic carbocycles. The number of pyridine rings is 1. The molecule has 2 aromatic rings. The lowest BCUT2D eigenvalue weighted by molar-refractivity contribution is 0.102. The Morgan fingerprint density at radius 3 is 2.72 bits per heavy atom. The Hall–Kier alpha value is -1.40. The van der Waals surface area contributed by atoms with Crippen LogP contribution in [0, 0.1) is 0 Å². The van der Waals surface area contributed by atoms with Gasteiger partial charge in [-0.1, -0.05) is 0 Å². The molecule has 18 heavy (non-hydrogen) atoms. The van der Waals surface area contributed by atoms with Crippen molar-refractivity contribution in [1.29, 1.82) is 0 Å². The van der Waals surface area contributed by atoms with Crippen LogP contribution in [0.3, 0.4) is 0 Å². The standard InChI is InChI=1S/C12H9Br2N3O/c13-9-4-3-7(15)6-8(9)12(18)17-11-10(14)2-1-5-16-11/h1-6H,15H2,(H,16,17,18). The van der Waals surface area contributed by atoms with Gasteiger partial charge in [-0.3, -0.25) is 4.79 Å². The smallest absolute Gasteiger partial charge is 0.258 e. The molecule has 0 saturated heterocycles. The minimum absolute atomic E-state index is 0.270. The lowest BCUT2D eigenvalue weighted by Gasteiger charge is -2.08. The summed E-state index contributed by atoms with van der Waals surface area (Å²) in [5.74, 6) is 0.199. The average Bonchev–Trinajstić information content (AvgIpc) is 2.35. The van der Waals surface area contributed by atoms with Crippen LogP contribution in [0.4, 0.5) is 11.5 Å². The van der Waals surface area contributed by atoms with Gasteiger partial charge < -0.3 is 11.1 Å². The zero-order chi connectivity index (χ0) is 13.1. The van der Waals surface area contributed by atoms with Crippen LogP contribution in [0.1, 0.15) is 10.4 Å². The van der Waals surface area contributed by atoms with Crippen LogP contribution in [0.5, 0.6) is 0 Å². The second kappa shape index (κ2) is 5.49. The predicted octanol–water partition coefficient (Wildman–Crippen LogP) is 3.44. The number of rotatable bonds is 2. The van der Waals surface area contributed by atoms with Crippen LogP contribution in [-0.4, -0.2) is 10.9 Å². The topological polar surface area (TPSA) is 68.0 Å². The molecule has 0 radical (unpaired) electrons. The Morgan fingerprint density at radius 2 is 2.00 bits per heavy atom. The van der Waals surface area contributed by atoms with Crippen molar-refractivity contribution >= 4 is 49.3 Å². The minimum atomic E-state index is -0.270. The van der Waals surface area contributed by atoms with E-state index in [1.165, 1.54) is 0 Å². The molecule has 1 aromatic heterocycles. The number of aromatic nitrogens is 1. The van der Waals surface area contributed by atoms with E-state index >= 15 is 0 Å². The molecule has 0 bridgehead atoms. The van der Waals surface area contributed by atoms with Crippen molar-refractivity contribution in [2.24, 2.45) is 0 Å². The Bertz CT molecular complexity index is 602. The van der Waals surface area contributed by atoms with Crippen molar-refractivity contribution in [1.82, 2.24) is 4.98 Å². The van der Waals surface area contributed by atoms with E-state index in [1.54, 1.807) is 36.5 Å². The number of benzene rings is 1. The lowest BCUT2D eigenvalue weighted by Crippen LogP contribution is -2.14. The summed E-state index contributed by atoms with van der Waals surface area (Å²) in [5.41, 5.74) is 6.66. The number of nitrogens with one attached hydrogen (secondary N) is 1. The Labute approximate surface area is 121 Å². The molecule has 92 valence electrons. The molecule has 1 heterocycles. The van der Waals surface area contributed by atoms with Gasteiger partial charge in [0.1, 0.15) is 5.82 Å². The van der Waals surface area contributed by atoms with Crippen molar-refractivity contribution in [2.45, 2.75) is 0 Å². The van der Waals surface area contributed by atoms with E-state index in [1.807, 2.05) is 0 Å².